The quantitative estimate of drug-likeness (QED) is 0.380. The highest BCUT2D eigenvalue weighted by Crippen LogP contribution is 2.04. The van der Waals surface area contributed by atoms with Gasteiger partial charge in [-0.15, -0.1) is 0 Å². The van der Waals surface area contributed by atoms with Crippen molar-refractivity contribution in [2.24, 2.45) is 0 Å². The number of aliphatic carboxylic acids is 1. The molecular formula is C9H10O3. The molecule has 0 saturated carbocycles. The number of carboxylic acid groups (broad SMARTS) is 1. The van der Waals surface area contributed by atoms with Gasteiger partial charge in [0.05, 0.1) is 0 Å². The second-order valence-corrected chi connectivity index (χ2v) is 1.90. The summed E-state index contributed by atoms with van der Waals surface area (Å²) in [6, 6.07) is 0. The molecule has 0 aromatic rings. The van der Waals surface area contributed by atoms with Crippen LogP contribution in [-0.4, -0.2) is 16.2 Å². The van der Waals surface area contributed by atoms with Gasteiger partial charge in [0, 0.05) is 0 Å². The van der Waals surface area contributed by atoms with Gasteiger partial charge in [0.2, 0.25) is 0 Å². The van der Waals surface area contributed by atoms with E-state index in [4.69, 9.17) is 10.2 Å². The van der Waals surface area contributed by atoms with Crippen LogP contribution in [0.15, 0.2) is 48.8 Å². The zero-order chi connectivity index (χ0) is 9.56. The predicted molar refractivity (Wildman–Crippen MR) is 46.8 cm³/mol. The van der Waals surface area contributed by atoms with E-state index < -0.39 is 5.97 Å². The normalized spacial score (nSPS) is 12.3. The maximum atomic E-state index is 10.5. The average molecular weight is 166 g/mol. The highest BCUT2D eigenvalue weighted by atomic mass is 16.4. The number of rotatable bonds is 4. The van der Waals surface area contributed by atoms with E-state index in [1.165, 1.54) is 18.2 Å². The van der Waals surface area contributed by atoms with Crippen LogP contribution in [0.2, 0.25) is 0 Å². The number of carbonyl (C=O) groups is 1. The second-order valence-electron chi connectivity index (χ2n) is 1.90. The predicted octanol–water partition coefficient (Wildman–Crippen LogP) is 1.81. The largest absolute Gasteiger partial charge is 0.507 e. The summed E-state index contributed by atoms with van der Waals surface area (Å²) in [5.41, 5.74) is -0.204. The minimum Gasteiger partial charge on any atom is -0.507 e. The van der Waals surface area contributed by atoms with Gasteiger partial charge < -0.3 is 10.2 Å². The Morgan fingerprint density at radius 1 is 1.25 bits per heavy atom. The maximum Gasteiger partial charge on any atom is 0.339 e. The summed E-state index contributed by atoms with van der Waals surface area (Å²) in [5.74, 6) is -1.56. The molecule has 0 aliphatic rings. The van der Waals surface area contributed by atoms with Crippen LogP contribution in [0.25, 0.3) is 0 Å². The van der Waals surface area contributed by atoms with Gasteiger partial charge in [-0.2, -0.15) is 0 Å². The van der Waals surface area contributed by atoms with Crippen molar-refractivity contribution in [2.75, 3.05) is 0 Å². The third-order valence-electron chi connectivity index (χ3n) is 1.10. The van der Waals surface area contributed by atoms with Gasteiger partial charge in [-0.1, -0.05) is 25.3 Å². The summed E-state index contributed by atoms with van der Waals surface area (Å²) < 4.78 is 0. The Bertz CT molecular complexity index is 259. The summed E-state index contributed by atoms with van der Waals surface area (Å²) in [5, 5.41) is 17.6. The van der Waals surface area contributed by atoms with Crippen LogP contribution in [0.3, 0.4) is 0 Å². The van der Waals surface area contributed by atoms with Crippen LogP contribution in [0, 0.1) is 0 Å². The van der Waals surface area contributed by atoms with E-state index in [0.717, 1.165) is 6.08 Å². The van der Waals surface area contributed by atoms with Crippen LogP contribution in [-0.2, 0) is 4.79 Å². The third kappa shape index (κ3) is 2.88. The van der Waals surface area contributed by atoms with E-state index in [2.05, 4.69) is 13.2 Å². The number of allylic oxidation sites excluding steroid dienone is 3. The van der Waals surface area contributed by atoms with Crippen molar-refractivity contribution in [1.82, 2.24) is 0 Å². The average Bonchev–Trinajstić information content (AvgIpc) is 2.04. The molecule has 3 nitrogen and oxygen atoms in total. The summed E-state index contributed by atoms with van der Waals surface area (Å²) in [7, 11) is 0. The van der Waals surface area contributed by atoms with E-state index in [1.807, 2.05) is 0 Å². The lowest BCUT2D eigenvalue weighted by Crippen LogP contribution is -2.00. The fraction of sp³-hybridized carbons (Fsp3) is 0. The third-order valence-corrected chi connectivity index (χ3v) is 1.10. The monoisotopic (exact) mass is 166 g/mol. The van der Waals surface area contributed by atoms with Crippen molar-refractivity contribution < 1.29 is 15.0 Å². The zero-order valence-electron chi connectivity index (χ0n) is 6.53. The number of aliphatic hydroxyl groups is 1. The van der Waals surface area contributed by atoms with Crippen LogP contribution < -0.4 is 0 Å². The molecule has 0 unspecified atom stereocenters. The fourth-order valence-corrected chi connectivity index (χ4v) is 0.540. The topological polar surface area (TPSA) is 57.5 Å². The molecule has 0 heterocycles. The Morgan fingerprint density at radius 3 is 2.17 bits per heavy atom. The highest BCUT2D eigenvalue weighted by molar-refractivity contribution is 5.90. The first-order valence-electron chi connectivity index (χ1n) is 3.21. The molecule has 0 radical (unpaired) electrons. The molecule has 0 aromatic heterocycles. The minimum atomic E-state index is -1.20. The molecule has 0 saturated heterocycles. The number of hydrogen-bond donors (Lipinski definition) is 2. The molecular weight excluding hydrogens is 156 g/mol. The second kappa shape index (κ2) is 4.96. The molecule has 64 valence electrons. The SMILES string of the molecule is C=C/C=C\C(C(=O)O)=C(\O)C=C. The number of aliphatic hydroxyl groups excluding tert-OH is 1. The number of hydrogen-bond acceptors (Lipinski definition) is 2. The van der Waals surface area contributed by atoms with Gasteiger partial charge in [0.15, 0.2) is 0 Å². The zero-order valence-corrected chi connectivity index (χ0v) is 6.53. The summed E-state index contributed by atoms with van der Waals surface area (Å²) in [4.78, 5) is 10.5. The van der Waals surface area contributed by atoms with E-state index in [0.29, 0.717) is 0 Å². The van der Waals surface area contributed by atoms with E-state index >= 15 is 0 Å². The van der Waals surface area contributed by atoms with Crippen LogP contribution in [0.5, 0.6) is 0 Å². The lowest BCUT2D eigenvalue weighted by Gasteiger charge is -1.95. The van der Waals surface area contributed by atoms with Gasteiger partial charge in [-0.3, -0.25) is 0 Å². The van der Waals surface area contributed by atoms with Gasteiger partial charge in [-0.05, 0) is 12.2 Å². The lowest BCUT2D eigenvalue weighted by molar-refractivity contribution is -0.132. The van der Waals surface area contributed by atoms with E-state index in [1.54, 1.807) is 0 Å². The van der Waals surface area contributed by atoms with Crippen molar-refractivity contribution >= 4 is 5.97 Å². The smallest absolute Gasteiger partial charge is 0.339 e. The van der Waals surface area contributed by atoms with E-state index in [-0.39, 0.29) is 11.3 Å². The highest BCUT2D eigenvalue weighted by Gasteiger charge is 2.06. The maximum absolute atomic E-state index is 10.5. The summed E-state index contributed by atoms with van der Waals surface area (Å²) in [6.45, 7) is 6.61. The van der Waals surface area contributed by atoms with Crippen molar-refractivity contribution in [3.05, 3.63) is 48.8 Å². The van der Waals surface area contributed by atoms with Gasteiger partial charge in [-0.25, -0.2) is 4.79 Å². The Labute approximate surface area is 70.7 Å². The first-order valence-corrected chi connectivity index (χ1v) is 3.21. The van der Waals surface area contributed by atoms with Gasteiger partial charge in [0.25, 0.3) is 0 Å². The molecule has 2 N–H and O–H groups in total. The van der Waals surface area contributed by atoms with Crippen LogP contribution >= 0.6 is 0 Å². The Kier molecular flexibility index (Phi) is 4.23. The first-order chi connectivity index (χ1) is 5.63. The Balaban J connectivity index is 4.90. The minimum absolute atomic E-state index is 0.204. The molecule has 0 rings (SSSR count). The van der Waals surface area contributed by atoms with Crippen molar-refractivity contribution in [3.8, 4) is 0 Å². The molecule has 0 atom stereocenters. The van der Waals surface area contributed by atoms with Crippen LogP contribution in [0.1, 0.15) is 0 Å². The molecule has 0 fully saturated rings. The molecule has 0 spiro atoms. The fourth-order valence-electron chi connectivity index (χ4n) is 0.540. The molecule has 0 amide bonds. The van der Waals surface area contributed by atoms with Gasteiger partial charge >= 0.3 is 5.97 Å². The molecule has 12 heavy (non-hydrogen) atoms. The Morgan fingerprint density at radius 2 is 1.83 bits per heavy atom. The molecule has 0 bridgehead atoms. The Hall–Kier alpha value is -1.77. The summed E-state index contributed by atoms with van der Waals surface area (Å²) >= 11 is 0. The van der Waals surface area contributed by atoms with Crippen molar-refractivity contribution in [1.29, 1.82) is 0 Å². The lowest BCUT2D eigenvalue weighted by atomic mass is 10.2. The van der Waals surface area contributed by atoms with E-state index in [9.17, 15) is 4.79 Å². The van der Waals surface area contributed by atoms with Gasteiger partial charge in [0.1, 0.15) is 11.3 Å². The molecule has 0 aliphatic carbocycles. The van der Waals surface area contributed by atoms with Crippen LogP contribution in [0.4, 0.5) is 0 Å². The van der Waals surface area contributed by atoms with Crippen molar-refractivity contribution in [2.45, 2.75) is 0 Å². The number of carboxylic acids is 1. The standard InChI is InChI=1S/C9H10O3/c1-3-5-6-7(9(11)12)8(10)4-2/h3-6,10H,1-2H2,(H,11,12)/b6-5-,8-7-. The molecule has 3 heteroatoms. The van der Waals surface area contributed by atoms with Crippen molar-refractivity contribution in [3.63, 3.8) is 0 Å². The summed E-state index contributed by atoms with van der Waals surface area (Å²) in [6.07, 6.45) is 5.14. The molecule has 0 aromatic carbocycles. The molecule has 0 aliphatic heterocycles. The first kappa shape index (κ1) is 10.2.